The van der Waals surface area contributed by atoms with Crippen molar-refractivity contribution in [3.63, 3.8) is 0 Å². The molecule has 0 aliphatic carbocycles. The van der Waals surface area contributed by atoms with Crippen molar-refractivity contribution in [1.82, 2.24) is 4.98 Å². The van der Waals surface area contributed by atoms with E-state index in [-0.39, 0.29) is 10.8 Å². The summed E-state index contributed by atoms with van der Waals surface area (Å²) in [4.78, 5) is 13.9. The zero-order valence-corrected chi connectivity index (χ0v) is 7.76. The predicted molar refractivity (Wildman–Crippen MR) is 47.3 cm³/mol. The fourth-order valence-electron chi connectivity index (χ4n) is 0.615. The third-order valence-corrected chi connectivity index (χ3v) is 2.07. The first-order valence-electron chi connectivity index (χ1n) is 2.81. The summed E-state index contributed by atoms with van der Waals surface area (Å²) in [6.07, 6.45) is 1.59. The molecule has 0 spiro atoms. The number of aromatic nitrogens is 1. The molecule has 1 aromatic heterocycles. The molecule has 0 fully saturated rings. The molecular weight excluding hydrogens is 231 g/mol. The molecule has 0 atom stereocenters. The number of hydrogen-bond donors (Lipinski definition) is 0. The molecule has 0 aromatic carbocycles. The molecule has 0 N–H and O–H groups in total. The van der Waals surface area contributed by atoms with Crippen LogP contribution < -0.4 is 0 Å². The first kappa shape index (κ1) is 8.62. The quantitative estimate of drug-likeness (QED) is 0.449. The highest BCUT2D eigenvalue weighted by Crippen LogP contribution is 2.23. The van der Waals surface area contributed by atoms with Crippen LogP contribution in [0.5, 0.6) is 0 Å². The maximum absolute atomic E-state index is 10.1. The van der Waals surface area contributed by atoms with Gasteiger partial charge in [-0.3, -0.25) is 0 Å². The van der Waals surface area contributed by atoms with E-state index in [1.165, 1.54) is 0 Å². The van der Waals surface area contributed by atoms with Crippen molar-refractivity contribution in [3.05, 3.63) is 27.9 Å². The van der Waals surface area contributed by atoms with Crippen molar-refractivity contribution in [2.75, 3.05) is 0 Å². The summed E-state index contributed by atoms with van der Waals surface area (Å²) in [7, 11) is 0. The van der Waals surface area contributed by atoms with Gasteiger partial charge in [-0.15, -0.1) is 4.91 Å². The third-order valence-electron chi connectivity index (χ3n) is 1.13. The van der Waals surface area contributed by atoms with Gasteiger partial charge >= 0.3 is 0 Å². The largest absolute Gasteiger partial charge is 0.242 e. The molecule has 0 bridgehead atoms. The minimum atomic E-state index is 0.143. The van der Waals surface area contributed by atoms with E-state index in [1.54, 1.807) is 12.3 Å². The minimum Gasteiger partial charge on any atom is -0.242 e. The van der Waals surface area contributed by atoms with Crippen LogP contribution in [0.1, 0.15) is 5.56 Å². The van der Waals surface area contributed by atoms with E-state index < -0.39 is 0 Å². The van der Waals surface area contributed by atoms with E-state index in [0.29, 0.717) is 5.33 Å². The highest BCUT2D eigenvalue weighted by atomic mass is 79.9. The lowest BCUT2D eigenvalue weighted by Crippen LogP contribution is -1.80. The maximum Gasteiger partial charge on any atom is 0.158 e. The van der Waals surface area contributed by atoms with Crippen LogP contribution in [0.3, 0.4) is 0 Å². The third kappa shape index (κ3) is 1.97. The lowest BCUT2D eigenvalue weighted by atomic mass is 10.3. The van der Waals surface area contributed by atoms with Crippen molar-refractivity contribution < 1.29 is 0 Å². The predicted octanol–water partition coefficient (Wildman–Crippen LogP) is 3.03. The lowest BCUT2D eigenvalue weighted by Gasteiger charge is -1.95. The molecule has 0 aliphatic rings. The molecule has 1 rings (SSSR count). The van der Waals surface area contributed by atoms with E-state index >= 15 is 0 Å². The smallest absolute Gasteiger partial charge is 0.158 e. The summed E-state index contributed by atoms with van der Waals surface area (Å²) < 4.78 is 0. The molecule has 58 valence electrons. The SMILES string of the molecule is O=Nc1cc(CBr)cnc1Cl. The van der Waals surface area contributed by atoms with Crippen LogP contribution in [-0.4, -0.2) is 4.98 Å². The van der Waals surface area contributed by atoms with Crippen LogP contribution in [-0.2, 0) is 5.33 Å². The Morgan fingerprint density at radius 3 is 3.00 bits per heavy atom. The van der Waals surface area contributed by atoms with Gasteiger partial charge in [-0.05, 0) is 16.8 Å². The van der Waals surface area contributed by atoms with Crippen LogP contribution in [0.15, 0.2) is 17.4 Å². The Morgan fingerprint density at radius 2 is 2.45 bits per heavy atom. The molecule has 3 nitrogen and oxygen atoms in total. The fraction of sp³-hybridized carbons (Fsp3) is 0.167. The van der Waals surface area contributed by atoms with Crippen molar-refractivity contribution in [1.29, 1.82) is 0 Å². The number of hydrogen-bond acceptors (Lipinski definition) is 3. The Labute approximate surface area is 76.9 Å². The van der Waals surface area contributed by atoms with Gasteiger partial charge in [-0.1, -0.05) is 27.5 Å². The Kier molecular flexibility index (Phi) is 2.96. The van der Waals surface area contributed by atoms with Crippen LogP contribution in [0.2, 0.25) is 5.15 Å². The molecule has 5 heteroatoms. The second-order valence-electron chi connectivity index (χ2n) is 1.88. The number of pyridine rings is 1. The number of halogens is 2. The molecule has 0 radical (unpaired) electrons. The average molecular weight is 235 g/mol. The van der Waals surface area contributed by atoms with Gasteiger partial charge in [-0.25, -0.2) is 4.98 Å². The van der Waals surface area contributed by atoms with E-state index in [9.17, 15) is 4.91 Å². The van der Waals surface area contributed by atoms with Crippen molar-refractivity contribution >= 4 is 33.2 Å². The molecule has 0 saturated heterocycles. The normalized spacial score (nSPS) is 9.64. The van der Waals surface area contributed by atoms with Gasteiger partial charge < -0.3 is 0 Å². The number of nitroso groups, excluding NO2 is 1. The van der Waals surface area contributed by atoms with E-state index in [0.717, 1.165) is 5.56 Å². The second kappa shape index (κ2) is 3.78. The molecule has 0 amide bonds. The minimum absolute atomic E-state index is 0.143. The molecule has 0 saturated carbocycles. The first-order valence-corrected chi connectivity index (χ1v) is 4.31. The molecule has 0 aliphatic heterocycles. The highest BCUT2D eigenvalue weighted by Gasteiger charge is 2.01. The zero-order valence-electron chi connectivity index (χ0n) is 5.42. The summed E-state index contributed by atoms with van der Waals surface area (Å²) in [5, 5.41) is 3.50. The number of nitrogens with zero attached hydrogens (tertiary/aromatic N) is 2. The molecule has 1 heterocycles. The van der Waals surface area contributed by atoms with E-state index in [2.05, 4.69) is 26.1 Å². The van der Waals surface area contributed by atoms with Crippen LogP contribution in [0.25, 0.3) is 0 Å². The number of alkyl halides is 1. The Bertz CT molecular complexity index is 279. The fourth-order valence-corrected chi connectivity index (χ4v) is 1.06. The van der Waals surface area contributed by atoms with Crippen LogP contribution in [0, 0.1) is 4.91 Å². The monoisotopic (exact) mass is 234 g/mol. The zero-order chi connectivity index (χ0) is 8.27. The maximum atomic E-state index is 10.1. The second-order valence-corrected chi connectivity index (χ2v) is 2.80. The Hall–Kier alpha value is -0.480. The average Bonchev–Trinajstić information content (AvgIpc) is 2.05. The molecular formula is C6H4BrClN2O. The van der Waals surface area contributed by atoms with Crippen LogP contribution in [0.4, 0.5) is 5.69 Å². The standard InChI is InChI=1S/C6H4BrClN2O/c7-2-4-1-5(10-11)6(8)9-3-4/h1,3H,2H2. The van der Waals surface area contributed by atoms with Gasteiger partial charge in [0.2, 0.25) is 0 Å². The lowest BCUT2D eigenvalue weighted by molar-refractivity contribution is 1.24. The van der Waals surface area contributed by atoms with Gasteiger partial charge in [0.25, 0.3) is 0 Å². The summed E-state index contributed by atoms with van der Waals surface area (Å²) >= 11 is 8.75. The molecule has 11 heavy (non-hydrogen) atoms. The summed E-state index contributed by atoms with van der Waals surface area (Å²) in [6, 6.07) is 1.59. The van der Waals surface area contributed by atoms with Crippen molar-refractivity contribution in [2.45, 2.75) is 5.33 Å². The Morgan fingerprint density at radius 1 is 1.73 bits per heavy atom. The summed E-state index contributed by atoms with van der Waals surface area (Å²) in [6.45, 7) is 0. The van der Waals surface area contributed by atoms with E-state index in [1.807, 2.05) is 0 Å². The van der Waals surface area contributed by atoms with Gasteiger partial charge in [-0.2, -0.15) is 0 Å². The molecule has 1 aromatic rings. The van der Waals surface area contributed by atoms with E-state index in [4.69, 9.17) is 11.6 Å². The highest BCUT2D eigenvalue weighted by molar-refractivity contribution is 9.08. The van der Waals surface area contributed by atoms with Crippen molar-refractivity contribution in [2.24, 2.45) is 5.18 Å². The number of rotatable bonds is 2. The Balaban J connectivity index is 3.12. The topological polar surface area (TPSA) is 42.3 Å². The summed E-state index contributed by atoms with van der Waals surface area (Å²) in [5.41, 5.74) is 1.06. The first-order chi connectivity index (χ1) is 5.27. The van der Waals surface area contributed by atoms with Gasteiger partial charge in [0.05, 0.1) is 0 Å². The van der Waals surface area contributed by atoms with Crippen molar-refractivity contribution in [3.8, 4) is 0 Å². The van der Waals surface area contributed by atoms with Crippen LogP contribution >= 0.6 is 27.5 Å². The van der Waals surface area contributed by atoms with Gasteiger partial charge in [0, 0.05) is 11.5 Å². The molecule has 0 unspecified atom stereocenters. The summed E-state index contributed by atoms with van der Waals surface area (Å²) in [5.74, 6) is 0. The van der Waals surface area contributed by atoms with Gasteiger partial charge in [0.15, 0.2) is 5.15 Å². The van der Waals surface area contributed by atoms with Gasteiger partial charge in [0.1, 0.15) is 5.69 Å².